The molecule has 2 amide bonds. The Labute approximate surface area is 147 Å². The van der Waals surface area contributed by atoms with Gasteiger partial charge in [-0.1, -0.05) is 42.5 Å². The van der Waals surface area contributed by atoms with Crippen LogP contribution in [0.2, 0.25) is 0 Å². The summed E-state index contributed by atoms with van der Waals surface area (Å²) in [5.74, 6) is -0.401. The Balaban J connectivity index is 1.41. The number of amides is 2. The third kappa shape index (κ3) is 3.37. The summed E-state index contributed by atoms with van der Waals surface area (Å²) in [4.78, 5) is 16.9. The van der Waals surface area contributed by atoms with Gasteiger partial charge in [0.1, 0.15) is 5.82 Å². The molecule has 0 aliphatic carbocycles. The molecule has 2 atom stereocenters. The molecule has 2 aromatic rings. The van der Waals surface area contributed by atoms with Gasteiger partial charge in [-0.15, -0.1) is 0 Å². The third-order valence-electron chi connectivity index (χ3n) is 5.24. The van der Waals surface area contributed by atoms with Crippen LogP contribution in [0.3, 0.4) is 0 Å². The number of rotatable bonds is 3. The van der Waals surface area contributed by atoms with Crippen molar-refractivity contribution in [3.63, 3.8) is 0 Å². The lowest BCUT2D eigenvalue weighted by molar-refractivity contribution is 0.0812. The van der Waals surface area contributed by atoms with E-state index < -0.39 is 5.82 Å². The Hall–Kier alpha value is -2.40. The first-order valence-corrected chi connectivity index (χ1v) is 8.81. The fourth-order valence-corrected chi connectivity index (χ4v) is 3.97. The zero-order valence-electron chi connectivity index (χ0n) is 14.1. The predicted molar refractivity (Wildman–Crippen MR) is 95.8 cm³/mol. The molecule has 4 rings (SSSR count). The van der Waals surface area contributed by atoms with Gasteiger partial charge >= 0.3 is 6.03 Å². The minimum Gasteiger partial charge on any atom is -0.321 e. The van der Waals surface area contributed by atoms with Crippen molar-refractivity contribution in [1.82, 2.24) is 9.80 Å². The highest BCUT2D eigenvalue weighted by molar-refractivity contribution is 5.89. The van der Waals surface area contributed by atoms with E-state index in [4.69, 9.17) is 0 Å². The molecule has 130 valence electrons. The number of piperazine rings is 1. The Bertz CT molecular complexity index is 738. The molecule has 0 saturated carbocycles. The minimum absolute atomic E-state index is 0.207. The zero-order chi connectivity index (χ0) is 17.2. The lowest BCUT2D eigenvalue weighted by Crippen LogP contribution is -2.55. The van der Waals surface area contributed by atoms with Crippen LogP contribution in [0.15, 0.2) is 54.6 Å². The summed E-state index contributed by atoms with van der Waals surface area (Å²) in [7, 11) is 0. The number of halogens is 1. The lowest BCUT2D eigenvalue weighted by Gasteiger charge is -2.41. The Morgan fingerprint density at radius 1 is 1.00 bits per heavy atom. The van der Waals surface area contributed by atoms with Gasteiger partial charge in [0.2, 0.25) is 0 Å². The standard InChI is InChI=1S/C20H22FN3O/c21-18-8-4-5-9-19(18)22-20(25)23-13-16-10-11-17(14-23)24(16)12-15-6-2-1-3-7-15/h1-9,16-17H,10-14H2,(H,22,25). The van der Waals surface area contributed by atoms with Gasteiger partial charge in [-0.25, -0.2) is 9.18 Å². The van der Waals surface area contributed by atoms with Crippen LogP contribution in [0.5, 0.6) is 0 Å². The molecule has 2 unspecified atom stereocenters. The van der Waals surface area contributed by atoms with E-state index in [2.05, 4.69) is 34.5 Å². The van der Waals surface area contributed by atoms with Gasteiger partial charge in [0.15, 0.2) is 0 Å². The summed E-state index contributed by atoms with van der Waals surface area (Å²) in [6, 6.07) is 17.3. The first-order valence-electron chi connectivity index (χ1n) is 8.81. The first-order chi connectivity index (χ1) is 12.2. The number of urea groups is 1. The summed E-state index contributed by atoms with van der Waals surface area (Å²) < 4.78 is 13.7. The van der Waals surface area contributed by atoms with Gasteiger partial charge in [0.25, 0.3) is 0 Å². The number of carbonyl (C=O) groups is 1. The number of nitrogens with zero attached hydrogens (tertiary/aromatic N) is 2. The lowest BCUT2D eigenvalue weighted by atomic mass is 10.1. The van der Waals surface area contributed by atoms with Crippen LogP contribution < -0.4 is 5.32 Å². The maximum atomic E-state index is 13.7. The second-order valence-corrected chi connectivity index (χ2v) is 6.86. The van der Waals surface area contributed by atoms with Crippen LogP contribution in [-0.4, -0.2) is 41.0 Å². The first kappa shape index (κ1) is 16.1. The normalized spacial score (nSPS) is 22.8. The van der Waals surface area contributed by atoms with Crippen molar-refractivity contribution in [1.29, 1.82) is 0 Å². The van der Waals surface area contributed by atoms with Gasteiger partial charge in [-0.3, -0.25) is 4.90 Å². The fraction of sp³-hybridized carbons (Fsp3) is 0.350. The van der Waals surface area contributed by atoms with Gasteiger partial charge in [0, 0.05) is 31.7 Å². The molecule has 4 nitrogen and oxygen atoms in total. The van der Waals surface area contributed by atoms with Crippen molar-refractivity contribution in [3.05, 3.63) is 66.0 Å². The number of carbonyl (C=O) groups excluding carboxylic acids is 1. The Morgan fingerprint density at radius 3 is 2.32 bits per heavy atom. The highest BCUT2D eigenvalue weighted by atomic mass is 19.1. The van der Waals surface area contributed by atoms with E-state index in [0.717, 1.165) is 19.4 Å². The van der Waals surface area contributed by atoms with Crippen molar-refractivity contribution >= 4 is 11.7 Å². The monoisotopic (exact) mass is 339 g/mol. The molecule has 2 aliphatic heterocycles. The van der Waals surface area contributed by atoms with Gasteiger partial charge in [-0.05, 0) is 30.5 Å². The smallest absolute Gasteiger partial charge is 0.321 e. The van der Waals surface area contributed by atoms with E-state index in [-0.39, 0.29) is 11.7 Å². The summed E-state index contributed by atoms with van der Waals surface area (Å²) in [6.45, 7) is 2.33. The zero-order valence-corrected chi connectivity index (χ0v) is 14.1. The number of anilines is 1. The molecule has 2 aliphatic rings. The molecule has 0 spiro atoms. The fourth-order valence-electron chi connectivity index (χ4n) is 3.97. The van der Waals surface area contributed by atoms with E-state index in [9.17, 15) is 9.18 Å². The summed E-state index contributed by atoms with van der Waals surface area (Å²) in [6.07, 6.45) is 2.22. The average Bonchev–Trinajstić information content (AvgIpc) is 2.86. The molecule has 25 heavy (non-hydrogen) atoms. The van der Waals surface area contributed by atoms with E-state index in [1.54, 1.807) is 18.2 Å². The summed E-state index contributed by atoms with van der Waals surface area (Å²) >= 11 is 0. The molecular formula is C20H22FN3O. The van der Waals surface area contributed by atoms with E-state index in [1.807, 2.05) is 11.0 Å². The molecule has 2 fully saturated rings. The average molecular weight is 339 g/mol. The van der Waals surface area contributed by atoms with Crippen LogP contribution >= 0.6 is 0 Å². The maximum Gasteiger partial charge on any atom is 0.322 e. The maximum absolute atomic E-state index is 13.7. The van der Waals surface area contributed by atoms with Crippen molar-refractivity contribution in [2.45, 2.75) is 31.5 Å². The van der Waals surface area contributed by atoms with Crippen molar-refractivity contribution in [2.24, 2.45) is 0 Å². The van der Waals surface area contributed by atoms with Crippen LogP contribution in [0.25, 0.3) is 0 Å². The van der Waals surface area contributed by atoms with Gasteiger partial charge in [0.05, 0.1) is 5.69 Å². The number of nitrogens with one attached hydrogen (secondary N) is 1. The molecule has 2 heterocycles. The highest BCUT2D eigenvalue weighted by Crippen LogP contribution is 2.32. The number of para-hydroxylation sites is 1. The van der Waals surface area contributed by atoms with Gasteiger partial charge < -0.3 is 10.2 Å². The minimum atomic E-state index is -0.401. The molecule has 0 aromatic heterocycles. The van der Waals surface area contributed by atoms with Crippen LogP contribution in [0.4, 0.5) is 14.9 Å². The Morgan fingerprint density at radius 2 is 1.64 bits per heavy atom. The molecule has 0 radical (unpaired) electrons. The molecule has 1 N–H and O–H groups in total. The van der Waals surface area contributed by atoms with Crippen LogP contribution in [0, 0.1) is 5.82 Å². The van der Waals surface area contributed by atoms with Gasteiger partial charge in [-0.2, -0.15) is 0 Å². The molecule has 5 heteroatoms. The van der Waals surface area contributed by atoms with Crippen molar-refractivity contribution < 1.29 is 9.18 Å². The molecule has 2 saturated heterocycles. The topological polar surface area (TPSA) is 35.6 Å². The second-order valence-electron chi connectivity index (χ2n) is 6.86. The molecule has 2 aromatic carbocycles. The number of hydrogen-bond donors (Lipinski definition) is 1. The summed E-state index contributed by atoms with van der Waals surface area (Å²) in [5, 5.41) is 2.71. The SMILES string of the molecule is O=C(Nc1ccccc1F)N1CC2CCC(C1)N2Cc1ccccc1. The van der Waals surface area contributed by atoms with Crippen LogP contribution in [-0.2, 0) is 6.54 Å². The van der Waals surface area contributed by atoms with Crippen molar-refractivity contribution in [2.75, 3.05) is 18.4 Å². The summed E-state index contributed by atoms with van der Waals surface area (Å²) in [5.41, 5.74) is 1.55. The van der Waals surface area contributed by atoms with E-state index >= 15 is 0 Å². The highest BCUT2D eigenvalue weighted by Gasteiger charge is 2.41. The molecule has 2 bridgehead atoms. The number of hydrogen-bond acceptors (Lipinski definition) is 2. The van der Waals surface area contributed by atoms with E-state index in [0.29, 0.717) is 25.2 Å². The number of benzene rings is 2. The quantitative estimate of drug-likeness (QED) is 0.925. The Kier molecular flexibility index (Phi) is 4.40. The number of likely N-dealkylation sites (tertiary alicyclic amines) is 1. The third-order valence-corrected chi connectivity index (χ3v) is 5.24. The van der Waals surface area contributed by atoms with Crippen LogP contribution in [0.1, 0.15) is 18.4 Å². The second kappa shape index (κ2) is 6.84. The largest absolute Gasteiger partial charge is 0.322 e. The predicted octanol–water partition coefficient (Wildman–Crippen LogP) is 3.71. The van der Waals surface area contributed by atoms with E-state index in [1.165, 1.54) is 11.6 Å². The number of fused-ring (bicyclic) bond motifs is 2. The molecular weight excluding hydrogens is 317 g/mol. The van der Waals surface area contributed by atoms with Crippen molar-refractivity contribution in [3.8, 4) is 0 Å².